The van der Waals surface area contributed by atoms with Crippen LogP contribution in [0.1, 0.15) is 54.7 Å². The lowest BCUT2D eigenvalue weighted by atomic mass is 9.84. The van der Waals surface area contributed by atoms with E-state index >= 15 is 0 Å². The predicted molar refractivity (Wildman–Crippen MR) is 125 cm³/mol. The molecule has 2 fully saturated rings. The molecular formula is C26H32N4O. The molecule has 1 spiro atoms. The first-order chi connectivity index (χ1) is 15.1. The van der Waals surface area contributed by atoms with Gasteiger partial charge in [0, 0.05) is 43.5 Å². The van der Waals surface area contributed by atoms with Crippen molar-refractivity contribution in [3.63, 3.8) is 0 Å². The van der Waals surface area contributed by atoms with E-state index in [1.54, 1.807) is 0 Å². The Hall–Kier alpha value is -2.40. The third-order valence-electron chi connectivity index (χ3n) is 8.09. The number of fused-ring (bicyclic) bond motifs is 1. The van der Waals surface area contributed by atoms with Gasteiger partial charge in [-0.25, -0.2) is 4.98 Å². The van der Waals surface area contributed by atoms with E-state index in [-0.39, 0.29) is 5.56 Å². The van der Waals surface area contributed by atoms with Crippen LogP contribution in [0.3, 0.4) is 0 Å². The Bertz CT molecular complexity index is 1070. The average Bonchev–Trinajstić information content (AvgIpc) is 3.35. The van der Waals surface area contributed by atoms with Crippen molar-refractivity contribution in [2.24, 2.45) is 5.41 Å². The van der Waals surface area contributed by atoms with E-state index in [1.807, 2.05) is 0 Å². The number of nitrogens with zero attached hydrogens (tertiary/aromatic N) is 3. The number of aromatic nitrogens is 2. The molecule has 1 atom stereocenters. The van der Waals surface area contributed by atoms with Crippen molar-refractivity contribution in [2.75, 3.05) is 31.1 Å². The van der Waals surface area contributed by atoms with Crippen LogP contribution in [0.4, 0.5) is 5.69 Å². The smallest absolute Gasteiger partial charge is 0.254 e. The zero-order chi connectivity index (χ0) is 21.0. The molecule has 6 rings (SSSR count). The minimum Gasteiger partial charge on any atom is -0.369 e. The molecule has 1 saturated heterocycles. The molecule has 1 aliphatic heterocycles. The summed E-state index contributed by atoms with van der Waals surface area (Å²) in [4.78, 5) is 26.0. The van der Waals surface area contributed by atoms with Gasteiger partial charge in [-0.2, -0.15) is 0 Å². The summed E-state index contributed by atoms with van der Waals surface area (Å²) >= 11 is 0. The molecule has 0 radical (unpaired) electrons. The van der Waals surface area contributed by atoms with Gasteiger partial charge in [0.15, 0.2) is 0 Å². The lowest BCUT2D eigenvalue weighted by molar-refractivity contribution is 0.214. The van der Waals surface area contributed by atoms with E-state index in [9.17, 15) is 4.79 Å². The van der Waals surface area contributed by atoms with E-state index in [0.717, 1.165) is 68.9 Å². The third kappa shape index (κ3) is 3.63. The lowest BCUT2D eigenvalue weighted by Gasteiger charge is -2.38. The van der Waals surface area contributed by atoms with Gasteiger partial charge in [0.05, 0.1) is 5.69 Å². The van der Waals surface area contributed by atoms with Crippen LogP contribution < -0.4 is 10.5 Å². The third-order valence-corrected chi connectivity index (χ3v) is 8.09. The van der Waals surface area contributed by atoms with Gasteiger partial charge in [-0.05, 0) is 75.0 Å². The molecule has 1 saturated carbocycles. The highest BCUT2D eigenvalue weighted by Crippen LogP contribution is 2.53. The van der Waals surface area contributed by atoms with Crippen LogP contribution in [0, 0.1) is 12.3 Å². The lowest BCUT2D eigenvalue weighted by Crippen LogP contribution is -2.49. The van der Waals surface area contributed by atoms with Crippen LogP contribution in [0.25, 0.3) is 5.57 Å². The molecule has 0 unspecified atom stereocenters. The summed E-state index contributed by atoms with van der Waals surface area (Å²) in [6, 6.07) is 9.34. The van der Waals surface area contributed by atoms with Gasteiger partial charge in [0.25, 0.3) is 5.56 Å². The summed E-state index contributed by atoms with van der Waals surface area (Å²) in [6.45, 7) is 6.44. The van der Waals surface area contributed by atoms with Gasteiger partial charge < -0.3 is 9.88 Å². The number of H-pyrrole nitrogens is 1. The van der Waals surface area contributed by atoms with Crippen molar-refractivity contribution < 1.29 is 0 Å². The van der Waals surface area contributed by atoms with Gasteiger partial charge in [-0.3, -0.25) is 9.69 Å². The number of hydrogen-bond acceptors (Lipinski definition) is 4. The molecule has 1 aromatic heterocycles. The highest BCUT2D eigenvalue weighted by atomic mass is 16.1. The van der Waals surface area contributed by atoms with Crippen LogP contribution >= 0.6 is 0 Å². The maximum atomic E-state index is 12.8. The van der Waals surface area contributed by atoms with E-state index in [4.69, 9.17) is 4.98 Å². The van der Waals surface area contributed by atoms with Crippen LogP contribution in [0.5, 0.6) is 0 Å². The first kappa shape index (κ1) is 19.3. The van der Waals surface area contributed by atoms with E-state index in [1.165, 1.54) is 36.1 Å². The molecule has 0 amide bonds. The fourth-order valence-electron chi connectivity index (χ4n) is 5.79. The summed E-state index contributed by atoms with van der Waals surface area (Å²) in [5, 5.41) is 0. The van der Waals surface area contributed by atoms with E-state index in [2.05, 4.69) is 52.0 Å². The number of benzene rings is 1. The highest BCUT2D eigenvalue weighted by Gasteiger charge is 2.45. The average molecular weight is 417 g/mol. The van der Waals surface area contributed by atoms with E-state index < -0.39 is 0 Å². The Morgan fingerprint density at radius 2 is 1.81 bits per heavy atom. The maximum absolute atomic E-state index is 12.8. The Kier molecular flexibility index (Phi) is 4.57. The molecule has 4 aliphatic rings. The second-order valence-electron chi connectivity index (χ2n) is 10.2. The number of rotatable bonds is 3. The molecule has 5 nitrogen and oxygen atoms in total. The Balaban J connectivity index is 1.14. The topological polar surface area (TPSA) is 52.2 Å². The fourth-order valence-corrected chi connectivity index (χ4v) is 5.79. The highest BCUT2D eigenvalue weighted by molar-refractivity contribution is 5.63. The van der Waals surface area contributed by atoms with Gasteiger partial charge in [0.2, 0.25) is 0 Å². The number of hydrogen-bond donors (Lipinski definition) is 1. The van der Waals surface area contributed by atoms with Crippen LogP contribution in [-0.2, 0) is 12.8 Å². The number of piperazine rings is 1. The molecule has 1 aromatic carbocycles. The second-order valence-corrected chi connectivity index (χ2v) is 10.2. The standard InChI is InChI=1S/C26H32N4O/c1-18-2-5-20(6-3-18)29-12-14-30(15-13-29)21-7-4-19(16-21)24-27-23-8-9-26(10-11-26)17-22(23)25(31)28-24/h2-3,5-6,16,21H,4,7-15,17H2,1H3,(H,27,28,31)/t21-/m1/s1. The van der Waals surface area contributed by atoms with Crippen molar-refractivity contribution in [1.82, 2.24) is 14.9 Å². The molecule has 5 heteroatoms. The molecule has 2 aromatic rings. The van der Waals surface area contributed by atoms with Gasteiger partial charge in [-0.15, -0.1) is 0 Å². The Morgan fingerprint density at radius 1 is 1.03 bits per heavy atom. The number of nitrogens with one attached hydrogen (secondary N) is 1. The van der Waals surface area contributed by atoms with Crippen LogP contribution in [0.2, 0.25) is 0 Å². The van der Waals surface area contributed by atoms with Gasteiger partial charge in [0.1, 0.15) is 5.82 Å². The summed E-state index contributed by atoms with van der Waals surface area (Å²) < 4.78 is 0. The summed E-state index contributed by atoms with van der Waals surface area (Å²) in [5.74, 6) is 0.830. The summed E-state index contributed by atoms with van der Waals surface area (Å²) in [5.41, 5.74) is 6.46. The Labute approximate surface area is 184 Å². The first-order valence-corrected chi connectivity index (χ1v) is 12.0. The van der Waals surface area contributed by atoms with Gasteiger partial charge >= 0.3 is 0 Å². The number of anilines is 1. The minimum absolute atomic E-state index is 0.113. The first-order valence-electron chi connectivity index (χ1n) is 12.0. The molecule has 31 heavy (non-hydrogen) atoms. The molecule has 0 bridgehead atoms. The van der Waals surface area contributed by atoms with Crippen molar-refractivity contribution >= 4 is 11.3 Å². The maximum Gasteiger partial charge on any atom is 0.254 e. The number of allylic oxidation sites excluding steroid dienone is 1. The summed E-state index contributed by atoms with van der Waals surface area (Å²) in [6.07, 6.45) is 10.2. The van der Waals surface area contributed by atoms with E-state index in [0.29, 0.717) is 11.5 Å². The second kappa shape index (κ2) is 7.33. The molecule has 1 N–H and O–H groups in total. The largest absolute Gasteiger partial charge is 0.369 e. The normalized spacial score (nSPS) is 24.9. The fraction of sp³-hybridized carbons (Fsp3) is 0.538. The van der Waals surface area contributed by atoms with Crippen molar-refractivity contribution in [3.8, 4) is 0 Å². The number of aryl methyl sites for hydroxylation is 2. The van der Waals surface area contributed by atoms with Crippen LogP contribution in [0.15, 0.2) is 35.1 Å². The quantitative estimate of drug-likeness (QED) is 0.829. The zero-order valence-corrected chi connectivity index (χ0v) is 18.5. The van der Waals surface area contributed by atoms with Crippen LogP contribution in [-0.4, -0.2) is 47.1 Å². The number of aromatic amines is 1. The zero-order valence-electron chi connectivity index (χ0n) is 18.5. The predicted octanol–water partition coefficient (Wildman–Crippen LogP) is 3.72. The minimum atomic E-state index is 0.113. The van der Waals surface area contributed by atoms with Crippen molar-refractivity contribution in [3.05, 3.63) is 63.3 Å². The Morgan fingerprint density at radius 3 is 2.55 bits per heavy atom. The van der Waals surface area contributed by atoms with Crippen molar-refractivity contribution in [1.29, 1.82) is 0 Å². The molecular weight excluding hydrogens is 384 g/mol. The SMILES string of the molecule is Cc1ccc(N2CCN([C@H]3C=C(c4nc5c(c(=O)[nH]4)CC4(CC5)CC4)CC3)CC2)cc1. The monoisotopic (exact) mass is 416 g/mol. The van der Waals surface area contributed by atoms with Crippen molar-refractivity contribution in [2.45, 2.75) is 57.9 Å². The van der Waals surface area contributed by atoms with Gasteiger partial charge in [-0.1, -0.05) is 23.8 Å². The summed E-state index contributed by atoms with van der Waals surface area (Å²) in [7, 11) is 0. The molecule has 3 aliphatic carbocycles. The molecule has 162 valence electrons. The molecule has 2 heterocycles.